The van der Waals surface area contributed by atoms with Crippen molar-refractivity contribution in [3.63, 3.8) is 0 Å². The Bertz CT molecular complexity index is 388. The van der Waals surface area contributed by atoms with Gasteiger partial charge in [0.15, 0.2) is 0 Å². The Labute approximate surface area is 102 Å². The van der Waals surface area contributed by atoms with Gasteiger partial charge in [-0.25, -0.2) is 0 Å². The molecule has 1 fully saturated rings. The topological polar surface area (TPSA) is 32.7 Å². The molecule has 0 aliphatic carbocycles. The number of ether oxygens (including phenoxy) is 1. The number of hydrogen-bond acceptors (Lipinski definition) is 3. The second kappa shape index (κ2) is 4.77. The van der Waals surface area contributed by atoms with Crippen LogP contribution in [0.15, 0.2) is 24.3 Å². The van der Waals surface area contributed by atoms with Crippen molar-refractivity contribution in [3.8, 4) is 0 Å². The zero-order chi connectivity index (χ0) is 11.7. The molecule has 2 heterocycles. The SMILES string of the molecule is OCC1c2ccccc2CCN1C1CCOC1. The van der Waals surface area contributed by atoms with Gasteiger partial charge in [0.1, 0.15) is 0 Å². The van der Waals surface area contributed by atoms with Gasteiger partial charge >= 0.3 is 0 Å². The van der Waals surface area contributed by atoms with Crippen LogP contribution < -0.4 is 0 Å². The van der Waals surface area contributed by atoms with Crippen LogP contribution in [0.5, 0.6) is 0 Å². The normalized spacial score (nSPS) is 29.2. The van der Waals surface area contributed by atoms with Crippen LogP contribution in [-0.2, 0) is 11.2 Å². The summed E-state index contributed by atoms with van der Waals surface area (Å²) in [5.41, 5.74) is 2.69. The molecule has 1 N–H and O–H groups in total. The molecule has 0 aromatic heterocycles. The number of aliphatic hydroxyl groups excluding tert-OH is 1. The van der Waals surface area contributed by atoms with E-state index in [1.807, 2.05) is 0 Å². The molecule has 2 unspecified atom stereocenters. The molecule has 2 aliphatic heterocycles. The van der Waals surface area contributed by atoms with Gasteiger partial charge in [-0.1, -0.05) is 24.3 Å². The van der Waals surface area contributed by atoms with Gasteiger partial charge in [-0.15, -0.1) is 0 Å². The van der Waals surface area contributed by atoms with Crippen LogP contribution in [0.25, 0.3) is 0 Å². The maximum Gasteiger partial charge on any atom is 0.0628 e. The second-order valence-corrected chi connectivity index (χ2v) is 4.90. The van der Waals surface area contributed by atoms with Crippen LogP contribution in [0, 0.1) is 0 Å². The van der Waals surface area contributed by atoms with Crippen molar-refractivity contribution in [2.24, 2.45) is 0 Å². The third-order valence-electron chi connectivity index (χ3n) is 4.00. The molecule has 2 atom stereocenters. The van der Waals surface area contributed by atoms with Gasteiger partial charge in [-0.05, 0) is 24.0 Å². The molecule has 0 radical (unpaired) electrons. The van der Waals surface area contributed by atoms with Crippen molar-refractivity contribution in [3.05, 3.63) is 35.4 Å². The van der Waals surface area contributed by atoms with Crippen molar-refractivity contribution in [2.75, 3.05) is 26.4 Å². The van der Waals surface area contributed by atoms with Crippen LogP contribution in [0.4, 0.5) is 0 Å². The van der Waals surface area contributed by atoms with Gasteiger partial charge in [0.2, 0.25) is 0 Å². The highest BCUT2D eigenvalue weighted by Gasteiger charge is 2.33. The third kappa shape index (κ3) is 1.99. The van der Waals surface area contributed by atoms with E-state index >= 15 is 0 Å². The van der Waals surface area contributed by atoms with Gasteiger partial charge in [0.25, 0.3) is 0 Å². The van der Waals surface area contributed by atoms with Gasteiger partial charge in [-0.2, -0.15) is 0 Å². The van der Waals surface area contributed by atoms with E-state index in [-0.39, 0.29) is 12.6 Å². The van der Waals surface area contributed by atoms with Crippen molar-refractivity contribution in [1.29, 1.82) is 0 Å². The number of benzene rings is 1. The fourth-order valence-corrected chi connectivity index (χ4v) is 3.09. The van der Waals surface area contributed by atoms with E-state index in [4.69, 9.17) is 4.74 Å². The summed E-state index contributed by atoms with van der Waals surface area (Å²) in [5.74, 6) is 0. The number of aliphatic hydroxyl groups is 1. The Morgan fingerprint density at radius 1 is 1.35 bits per heavy atom. The standard InChI is InChI=1S/C14H19NO2/c16-9-14-13-4-2-1-3-11(13)5-7-15(14)12-6-8-17-10-12/h1-4,12,14,16H,5-10H2. The highest BCUT2D eigenvalue weighted by atomic mass is 16.5. The van der Waals surface area contributed by atoms with E-state index in [2.05, 4.69) is 29.2 Å². The molecular formula is C14H19NO2. The summed E-state index contributed by atoms with van der Waals surface area (Å²) in [4.78, 5) is 2.43. The molecule has 1 saturated heterocycles. The summed E-state index contributed by atoms with van der Waals surface area (Å²) >= 11 is 0. The monoisotopic (exact) mass is 233 g/mol. The average molecular weight is 233 g/mol. The third-order valence-corrected chi connectivity index (χ3v) is 4.00. The Morgan fingerprint density at radius 3 is 3.00 bits per heavy atom. The zero-order valence-electron chi connectivity index (χ0n) is 10.0. The van der Waals surface area contributed by atoms with Gasteiger partial charge in [0, 0.05) is 19.2 Å². The Kier molecular flexibility index (Phi) is 3.14. The minimum Gasteiger partial charge on any atom is -0.394 e. The Morgan fingerprint density at radius 2 is 2.24 bits per heavy atom. The van der Waals surface area contributed by atoms with Crippen LogP contribution in [0.1, 0.15) is 23.6 Å². The molecule has 1 aromatic rings. The largest absolute Gasteiger partial charge is 0.394 e. The molecule has 3 heteroatoms. The number of fused-ring (bicyclic) bond motifs is 1. The lowest BCUT2D eigenvalue weighted by molar-refractivity contribution is 0.0647. The lowest BCUT2D eigenvalue weighted by Crippen LogP contribution is -2.44. The van der Waals surface area contributed by atoms with Crippen molar-refractivity contribution in [2.45, 2.75) is 24.9 Å². The first-order valence-electron chi connectivity index (χ1n) is 6.42. The lowest BCUT2D eigenvalue weighted by Gasteiger charge is -2.39. The molecule has 3 rings (SSSR count). The molecular weight excluding hydrogens is 214 g/mol. The molecule has 92 valence electrons. The summed E-state index contributed by atoms with van der Waals surface area (Å²) in [5, 5.41) is 9.69. The first-order chi connectivity index (χ1) is 8.40. The van der Waals surface area contributed by atoms with Gasteiger partial charge in [-0.3, -0.25) is 4.90 Å². The molecule has 1 aromatic carbocycles. The zero-order valence-corrected chi connectivity index (χ0v) is 10.0. The van der Waals surface area contributed by atoms with Crippen LogP contribution in [0.2, 0.25) is 0 Å². The number of rotatable bonds is 2. The van der Waals surface area contributed by atoms with E-state index in [1.54, 1.807) is 0 Å². The van der Waals surface area contributed by atoms with Gasteiger partial charge < -0.3 is 9.84 Å². The average Bonchev–Trinajstić information content (AvgIpc) is 2.91. The van der Waals surface area contributed by atoms with E-state index in [0.29, 0.717) is 6.04 Å². The van der Waals surface area contributed by atoms with E-state index in [1.165, 1.54) is 11.1 Å². The number of hydrogen-bond donors (Lipinski definition) is 1. The summed E-state index contributed by atoms with van der Waals surface area (Å²) in [6, 6.07) is 9.13. The van der Waals surface area contributed by atoms with E-state index in [0.717, 1.165) is 32.6 Å². The molecule has 0 amide bonds. The van der Waals surface area contributed by atoms with E-state index < -0.39 is 0 Å². The van der Waals surface area contributed by atoms with Crippen molar-refractivity contribution in [1.82, 2.24) is 4.90 Å². The van der Waals surface area contributed by atoms with Crippen LogP contribution in [0.3, 0.4) is 0 Å². The summed E-state index contributed by atoms with van der Waals surface area (Å²) in [6.07, 6.45) is 2.18. The van der Waals surface area contributed by atoms with Crippen molar-refractivity contribution >= 4 is 0 Å². The summed E-state index contributed by atoms with van der Waals surface area (Å²) in [6.45, 7) is 2.92. The predicted molar refractivity (Wildman–Crippen MR) is 65.9 cm³/mol. The molecule has 0 saturated carbocycles. The molecule has 0 bridgehead atoms. The first kappa shape index (κ1) is 11.2. The smallest absolute Gasteiger partial charge is 0.0628 e. The van der Waals surface area contributed by atoms with Crippen molar-refractivity contribution < 1.29 is 9.84 Å². The maximum atomic E-state index is 9.69. The predicted octanol–water partition coefficient (Wildman–Crippen LogP) is 1.37. The lowest BCUT2D eigenvalue weighted by atomic mass is 9.91. The fraction of sp³-hybridized carbons (Fsp3) is 0.571. The first-order valence-corrected chi connectivity index (χ1v) is 6.42. The minimum absolute atomic E-state index is 0.159. The molecule has 0 spiro atoms. The molecule has 3 nitrogen and oxygen atoms in total. The fourth-order valence-electron chi connectivity index (χ4n) is 3.09. The number of nitrogens with zero attached hydrogens (tertiary/aromatic N) is 1. The van der Waals surface area contributed by atoms with Crippen LogP contribution >= 0.6 is 0 Å². The van der Waals surface area contributed by atoms with E-state index in [9.17, 15) is 5.11 Å². The highest BCUT2D eigenvalue weighted by molar-refractivity contribution is 5.32. The summed E-state index contributed by atoms with van der Waals surface area (Å²) in [7, 11) is 0. The molecule has 2 aliphatic rings. The van der Waals surface area contributed by atoms with Gasteiger partial charge in [0.05, 0.1) is 19.3 Å². The molecule has 17 heavy (non-hydrogen) atoms. The maximum absolute atomic E-state index is 9.69. The van der Waals surface area contributed by atoms with Crippen LogP contribution in [-0.4, -0.2) is 42.4 Å². The Hall–Kier alpha value is -0.900. The highest BCUT2D eigenvalue weighted by Crippen LogP contribution is 2.32. The second-order valence-electron chi connectivity index (χ2n) is 4.90. The minimum atomic E-state index is 0.159. The Balaban J connectivity index is 1.88. The summed E-state index contributed by atoms with van der Waals surface area (Å²) < 4.78 is 5.47. The quantitative estimate of drug-likeness (QED) is 0.837.